The summed E-state index contributed by atoms with van der Waals surface area (Å²) in [5.41, 5.74) is 8.31. The van der Waals surface area contributed by atoms with Crippen LogP contribution in [0.1, 0.15) is 16.7 Å². The summed E-state index contributed by atoms with van der Waals surface area (Å²) >= 11 is 0. The number of ether oxygens (including phenoxy) is 1. The molecule has 0 atom stereocenters. The molecule has 172 valence electrons. The van der Waals surface area contributed by atoms with Gasteiger partial charge in [0.25, 0.3) is 0 Å². The molecule has 0 saturated carbocycles. The van der Waals surface area contributed by atoms with Crippen LogP contribution in [0.2, 0.25) is 0 Å². The number of rotatable bonds is 7. The molecule has 0 bridgehead atoms. The Morgan fingerprint density at radius 2 is 1.70 bits per heavy atom. The number of hydrazone groups is 1. The predicted octanol–water partition coefficient (Wildman–Crippen LogP) is 3.58. The Balaban J connectivity index is 1.56. The van der Waals surface area contributed by atoms with E-state index in [1.807, 2.05) is 38.4 Å². The first-order valence-electron chi connectivity index (χ1n) is 11.0. The van der Waals surface area contributed by atoms with E-state index in [0.717, 1.165) is 41.2 Å². The van der Waals surface area contributed by atoms with Crippen molar-refractivity contribution in [2.75, 3.05) is 60.9 Å². The molecule has 2 aromatic carbocycles. The molecule has 1 aliphatic heterocycles. The fourth-order valence-electron chi connectivity index (χ4n) is 3.39. The molecule has 2 N–H and O–H groups in total. The van der Waals surface area contributed by atoms with Crippen LogP contribution in [0.15, 0.2) is 47.6 Å². The van der Waals surface area contributed by atoms with Gasteiger partial charge in [0.05, 0.1) is 19.4 Å². The van der Waals surface area contributed by atoms with E-state index < -0.39 is 0 Å². The molecule has 2 heterocycles. The number of aryl methyl sites for hydroxylation is 2. The number of morpholine rings is 1. The minimum Gasteiger partial charge on any atom is -0.378 e. The molecule has 0 unspecified atom stereocenters. The summed E-state index contributed by atoms with van der Waals surface area (Å²) in [6, 6.07) is 14.4. The predicted molar refractivity (Wildman–Crippen MR) is 134 cm³/mol. The fraction of sp³-hybridized carbons (Fsp3) is 0.333. The summed E-state index contributed by atoms with van der Waals surface area (Å²) in [6.45, 7) is 6.87. The first-order valence-corrected chi connectivity index (χ1v) is 11.0. The molecule has 0 amide bonds. The van der Waals surface area contributed by atoms with E-state index >= 15 is 0 Å². The summed E-state index contributed by atoms with van der Waals surface area (Å²) in [5.74, 6) is 1.43. The summed E-state index contributed by atoms with van der Waals surface area (Å²) in [4.78, 5) is 17.9. The normalized spacial score (nSPS) is 13.9. The monoisotopic (exact) mass is 446 g/mol. The third-order valence-corrected chi connectivity index (χ3v) is 5.34. The molecular formula is C24H30N8O. The summed E-state index contributed by atoms with van der Waals surface area (Å²) in [6.07, 6.45) is 1.75. The number of hydrogen-bond acceptors (Lipinski definition) is 9. The smallest absolute Gasteiger partial charge is 0.250 e. The number of anilines is 5. The molecule has 1 aromatic heterocycles. The minimum atomic E-state index is 0.375. The first kappa shape index (κ1) is 22.5. The van der Waals surface area contributed by atoms with Gasteiger partial charge in [0.2, 0.25) is 17.8 Å². The Bertz CT molecular complexity index is 1110. The maximum atomic E-state index is 5.47. The average Bonchev–Trinajstić information content (AvgIpc) is 2.82. The van der Waals surface area contributed by atoms with Gasteiger partial charge in [0, 0.05) is 38.6 Å². The van der Waals surface area contributed by atoms with Gasteiger partial charge in [-0.3, -0.25) is 0 Å². The SMILES string of the molecule is Cc1ccc(C)c(Nc2nc(N/N=C\c3ccc(N(C)C)cc3)nc(N3CCOCC3)n2)c1. The topological polar surface area (TPSA) is 90.8 Å². The second kappa shape index (κ2) is 10.3. The average molecular weight is 447 g/mol. The summed E-state index contributed by atoms with van der Waals surface area (Å²) in [5, 5.41) is 7.68. The lowest BCUT2D eigenvalue weighted by atomic mass is 10.1. The van der Waals surface area contributed by atoms with Crippen molar-refractivity contribution >= 4 is 35.4 Å². The number of nitrogens with zero attached hydrogens (tertiary/aromatic N) is 6. The summed E-state index contributed by atoms with van der Waals surface area (Å²) < 4.78 is 5.47. The third kappa shape index (κ3) is 5.95. The van der Waals surface area contributed by atoms with Crippen molar-refractivity contribution in [3.8, 4) is 0 Å². The Labute approximate surface area is 194 Å². The number of nitrogens with one attached hydrogen (secondary N) is 2. The van der Waals surface area contributed by atoms with Gasteiger partial charge in [-0.15, -0.1) is 0 Å². The highest BCUT2D eigenvalue weighted by molar-refractivity contribution is 5.80. The highest BCUT2D eigenvalue weighted by Gasteiger charge is 2.17. The zero-order valence-corrected chi connectivity index (χ0v) is 19.5. The van der Waals surface area contributed by atoms with Crippen molar-refractivity contribution in [2.24, 2.45) is 5.10 Å². The van der Waals surface area contributed by atoms with Crippen molar-refractivity contribution in [3.05, 3.63) is 59.2 Å². The van der Waals surface area contributed by atoms with E-state index in [-0.39, 0.29) is 0 Å². The number of benzene rings is 2. The van der Waals surface area contributed by atoms with Crippen molar-refractivity contribution in [1.29, 1.82) is 0 Å². The highest BCUT2D eigenvalue weighted by Crippen LogP contribution is 2.22. The lowest BCUT2D eigenvalue weighted by Gasteiger charge is -2.27. The van der Waals surface area contributed by atoms with Crippen LogP contribution in [0.25, 0.3) is 0 Å². The van der Waals surface area contributed by atoms with Gasteiger partial charge in [0.15, 0.2) is 0 Å². The fourth-order valence-corrected chi connectivity index (χ4v) is 3.39. The molecule has 1 saturated heterocycles. The molecule has 1 aliphatic rings. The van der Waals surface area contributed by atoms with Crippen LogP contribution < -0.4 is 20.5 Å². The molecule has 9 heteroatoms. The van der Waals surface area contributed by atoms with Crippen molar-refractivity contribution < 1.29 is 4.74 Å². The quantitative estimate of drug-likeness (QED) is 0.420. The van der Waals surface area contributed by atoms with E-state index in [4.69, 9.17) is 4.74 Å². The van der Waals surface area contributed by atoms with Crippen molar-refractivity contribution in [3.63, 3.8) is 0 Å². The minimum absolute atomic E-state index is 0.375. The van der Waals surface area contributed by atoms with Gasteiger partial charge in [-0.1, -0.05) is 24.3 Å². The van der Waals surface area contributed by atoms with Gasteiger partial charge >= 0.3 is 0 Å². The largest absolute Gasteiger partial charge is 0.378 e. The molecule has 0 spiro atoms. The zero-order chi connectivity index (χ0) is 23.2. The van der Waals surface area contributed by atoms with E-state index in [0.29, 0.717) is 31.1 Å². The molecule has 1 fully saturated rings. The molecule has 9 nitrogen and oxygen atoms in total. The Morgan fingerprint density at radius 3 is 2.42 bits per heavy atom. The molecular weight excluding hydrogens is 416 g/mol. The van der Waals surface area contributed by atoms with E-state index in [1.165, 1.54) is 0 Å². The molecule has 33 heavy (non-hydrogen) atoms. The Morgan fingerprint density at radius 1 is 0.970 bits per heavy atom. The molecule has 0 radical (unpaired) electrons. The zero-order valence-electron chi connectivity index (χ0n) is 19.5. The standard InChI is InChI=1S/C24H30N8O/c1-17-5-6-18(2)21(15-17)26-22-27-23(29-24(28-22)32-11-13-33-14-12-32)30-25-16-19-7-9-20(10-8-19)31(3)4/h5-10,15-16H,11-14H2,1-4H3,(H2,26,27,28,29,30)/b25-16-. The molecule has 4 rings (SSSR count). The lowest BCUT2D eigenvalue weighted by molar-refractivity contribution is 0.122. The van der Waals surface area contributed by atoms with Gasteiger partial charge < -0.3 is 19.9 Å². The van der Waals surface area contributed by atoms with Crippen molar-refractivity contribution in [2.45, 2.75) is 13.8 Å². The van der Waals surface area contributed by atoms with Gasteiger partial charge in [-0.25, -0.2) is 5.43 Å². The number of aromatic nitrogens is 3. The van der Waals surface area contributed by atoms with E-state index in [9.17, 15) is 0 Å². The van der Waals surface area contributed by atoms with Crippen molar-refractivity contribution in [1.82, 2.24) is 15.0 Å². The van der Waals surface area contributed by atoms with Gasteiger partial charge in [-0.2, -0.15) is 20.1 Å². The molecule has 3 aromatic rings. The van der Waals surface area contributed by atoms with Crippen LogP contribution in [0.4, 0.5) is 29.2 Å². The Kier molecular flexibility index (Phi) is 6.99. The third-order valence-electron chi connectivity index (χ3n) is 5.34. The van der Waals surface area contributed by atoms with Crippen LogP contribution in [-0.4, -0.2) is 61.6 Å². The van der Waals surface area contributed by atoms with E-state index in [2.05, 4.69) is 72.6 Å². The second-order valence-electron chi connectivity index (χ2n) is 8.18. The lowest BCUT2D eigenvalue weighted by Crippen LogP contribution is -2.37. The maximum absolute atomic E-state index is 5.47. The van der Waals surface area contributed by atoms with Crippen LogP contribution in [0.3, 0.4) is 0 Å². The van der Waals surface area contributed by atoms with Crippen LogP contribution in [0.5, 0.6) is 0 Å². The van der Waals surface area contributed by atoms with Crippen LogP contribution in [0, 0.1) is 13.8 Å². The summed E-state index contributed by atoms with van der Waals surface area (Å²) in [7, 11) is 4.03. The second-order valence-corrected chi connectivity index (χ2v) is 8.18. The first-order chi connectivity index (χ1) is 16.0. The van der Waals surface area contributed by atoms with Crippen LogP contribution >= 0.6 is 0 Å². The van der Waals surface area contributed by atoms with Gasteiger partial charge in [-0.05, 0) is 48.7 Å². The molecule has 0 aliphatic carbocycles. The Hall–Kier alpha value is -3.72. The maximum Gasteiger partial charge on any atom is 0.250 e. The highest BCUT2D eigenvalue weighted by atomic mass is 16.5. The van der Waals surface area contributed by atoms with Crippen LogP contribution in [-0.2, 0) is 4.74 Å². The van der Waals surface area contributed by atoms with E-state index in [1.54, 1.807) is 6.21 Å². The number of hydrogen-bond donors (Lipinski definition) is 2. The van der Waals surface area contributed by atoms with Gasteiger partial charge in [0.1, 0.15) is 0 Å².